The van der Waals surface area contributed by atoms with E-state index in [2.05, 4.69) is 49.6 Å². The van der Waals surface area contributed by atoms with E-state index in [1.807, 2.05) is 6.20 Å². The fourth-order valence-electron chi connectivity index (χ4n) is 1.68. The van der Waals surface area contributed by atoms with Crippen LogP contribution in [0.2, 0.25) is 0 Å². The van der Waals surface area contributed by atoms with Crippen LogP contribution in [-0.4, -0.2) is 16.5 Å². The first-order valence-electron chi connectivity index (χ1n) is 5.51. The van der Waals surface area contributed by atoms with Gasteiger partial charge in [-0.25, -0.2) is 0 Å². The summed E-state index contributed by atoms with van der Waals surface area (Å²) in [4.78, 5) is 9.84. The largest absolute Gasteiger partial charge is 0.309 e. The molecule has 0 fully saturated rings. The molecule has 0 aliphatic rings. The van der Waals surface area contributed by atoms with E-state index in [-0.39, 0.29) is 6.04 Å². The quantitative estimate of drug-likeness (QED) is 0.921. The van der Waals surface area contributed by atoms with E-state index in [1.54, 1.807) is 23.7 Å². The van der Waals surface area contributed by atoms with E-state index >= 15 is 0 Å². The summed E-state index contributed by atoms with van der Waals surface area (Å²) in [6, 6.07) is 2.39. The lowest BCUT2D eigenvalue weighted by atomic mass is 10.1. The molecule has 0 aliphatic heterocycles. The highest BCUT2D eigenvalue weighted by Crippen LogP contribution is 2.24. The number of nitrogens with one attached hydrogen (secondary N) is 1. The molecule has 2 rings (SSSR count). The van der Waals surface area contributed by atoms with Crippen molar-refractivity contribution in [3.05, 3.63) is 45.1 Å². The van der Waals surface area contributed by atoms with Gasteiger partial charge in [-0.2, -0.15) is 0 Å². The Balaban J connectivity index is 2.13. The normalized spacial score (nSPS) is 12.6. The molecule has 0 saturated heterocycles. The average molecular weight is 312 g/mol. The van der Waals surface area contributed by atoms with Crippen molar-refractivity contribution in [2.75, 3.05) is 6.54 Å². The van der Waals surface area contributed by atoms with Gasteiger partial charge >= 0.3 is 0 Å². The number of hydrogen-bond acceptors (Lipinski definition) is 4. The lowest BCUT2D eigenvalue weighted by molar-refractivity contribution is 0.538. The number of likely N-dealkylation sites (N-methyl/N-ethyl adjacent to an activating group) is 1. The number of hydrogen-bond donors (Lipinski definition) is 1. The molecule has 90 valence electrons. The summed E-state index contributed by atoms with van der Waals surface area (Å²) >= 11 is 5.24. The Morgan fingerprint density at radius 2 is 2.35 bits per heavy atom. The van der Waals surface area contributed by atoms with E-state index in [1.165, 1.54) is 4.88 Å². The Hall–Kier alpha value is -0.780. The predicted octanol–water partition coefficient (Wildman–Crippen LogP) is 3.19. The minimum absolute atomic E-state index is 0.235. The van der Waals surface area contributed by atoms with Crippen molar-refractivity contribution in [2.24, 2.45) is 0 Å². The van der Waals surface area contributed by atoms with E-state index < -0.39 is 0 Å². The molecule has 2 aromatic heterocycles. The van der Waals surface area contributed by atoms with E-state index in [0.29, 0.717) is 0 Å². The first kappa shape index (κ1) is 12.7. The van der Waals surface area contributed by atoms with E-state index in [9.17, 15) is 0 Å². The molecule has 0 bridgehead atoms. The molecule has 0 spiro atoms. The van der Waals surface area contributed by atoms with Gasteiger partial charge in [0.2, 0.25) is 0 Å². The predicted molar refractivity (Wildman–Crippen MR) is 74.2 cm³/mol. The third-order valence-electron chi connectivity index (χ3n) is 2.42. The van der Waals surface area contributed by atoms with Crippen LogP contribution in [0.3, 0.4) is 0 Å². The molecular formula is C12H14BrN3S. The van der Waals surface area contributed by atoms with Gasteiger partial charge in [-0.15, -0.1) is 11.3 Å². The van der Waals surface area contributed by atoms with Gasteiger partial charge in [0, 0.05) is 39.7 Å². The van der Waals surface area contributed by atoms with Gasteiger partial charge in [0.15, 0.2) is 0 Å². The monoisotopic (exact) mass is 311 g/mol. The summed E-state index contributed by atoms with van der Waals surface area (Å²) in [6.07, 6.45) is 6.22. The minimum atomic E-state index is 0.235. The molecule has 1 atom stereocenters. The smallest absolute Gasteiger partial charge is 0.0759 e. The molecule has 0 aliphatic carbocycles. The molecule has 5 heteroatoms. The highest BCUT2D eigenvalue weighted by Gasteiger charge is 2.13. The van der Waals surface area contributed by atoms with Crippen molar-refractivity contribution in [3.63, 3.8) is 0 Å². The van der Waals surface area contributed by atoms with Crippen LogP contribution in [0, 0.1) is 0 Å². The number of rotatable bonds is 5. The Labute approximate surface area is 113 Å². The topological polar surface area (TPSA) is 37.8 Å². The molecule has 0 amide bonds. The van der Waals surface area contributed by atoms with Gasteiger partial charge < -0.3 is 5.32 Å². The molecule has 1 unspecified atom stereocenters. The summed E-state index contributed by atoms with van der Waals surface area (Å²) < 4.78 is 1.15. The van der Waals surface area contributed by atoms with Crippen molar-refractivity contribution < 1.29 is 0 Å². The summed E-state index contributed by atoms with van der Waals surface area (Å²) in [7, 11) is 0. The van der Waals surface area contributed by atoms with Crippen molar-refractivity contribution >= 4 is 27.3 Å². The van der Waals surface area contributed by atoms with Crippen LogP contribution in [0.4, 0.5) is 0 Å². The highest BCUT2D eigenvalue weighted by molar-refractivity contribution is 9.10. The molecule has 3 nitrogen and oxygen atoms in total. The van der Waals surface area contributed by atoms with Gasteiger partial charge in [0.25, 0.3) is 0 Å². The first-order valence-corrected chi connectivity index (χ1v) is 7.19. The summed E-state index contributed by atoms with van der Waals surface area (Å²) in [5.74, 6) is 0. The molecular weight excluding hydrogens is 298 g/mol. The molecule has 2 aromatic rings. The van der Waals surface area contributed by atoms with Crippen LogP contribution in [0.15, 0.2) is 34.5 Å². The zero-order chi connectivity index (χ0) is 12.1. The second-order valence-electron chi connectivity index (χ2n) is 3.68. The van der Waals surface area contributed by atoms with Crippen molar-refractivity contribution in [3.8, 4) is 0 Å². The van der Waals surface area contributed by atoms with E-state index in [4.69, 9.17) is 0 Å². The molecule has 0 radical (unpaired) electrons. The van der Waals surface area contributed by atoms with Crippen LogP contribution >= 0.6 is 27.3 Å². The van der Waals surface area contributed by atoms with Gasteiger partial charge in [-0.1, -0.05) is 6.92 Å². The van der Waals surface area contributed by atoms with Crippen molar-refractivity contribution in [1.82, 2.24) is 15.3 Å². The van der Waals surface area contributed by atoms with Crippen LogP contribution in [0.5, 0.6) is 0 Å². The Morgan fingerprint density at radius 1 is 1.47 bits per heavy atom. The zero-order valence-corrected chi connectivity index (χ0v) is 12.0. The van der Waals surface area contributed by atoms with Crippen molar-refractivity contribution in [2.45, 2.75) is 19.4 Å². The molecule has 1 N–H and O–H groups in total. The maximum atomic E-state index is 4.37. The maximum Gasteiger partial charge on any atom is 0.0759 e. The van der Waals surface area contributed by atoms with Gasteiger partial charge in [0.1, 0.15) is 0 Å². The molecule has 2 heterocycles. The highest BCUT2D eigenvalue weighted by atomic mass is 79.9. The van der Waals surface area contributed by atoms with Gasteiger partial charge in [-0.3, -0.25) is 9.97 Å². The standard InChI is InChI=1S/C12H14BrN3S/c1-2-15-11(12-7-14-3-4-16-12)6-10-5-9(13)8-17-10/h3-5,7-8,11,15H,2,6H2,1H3. The maximum absolute atomic E-state index is 4.37. The van der Waals surface area contributed by atoms with Crippen LogP contribution in [-0.2, 0) is 6.42 Å². The first-order chi connectivity index (χ1) is 8.29. The fourth-order valence-corrected chi connectivity index (χ4v) is 3.18. The Morgan fingerprint density at radius 3 is 2.94 bits per heavy atom. The third kappa shape index (κ3) is 3.59. The number of nitrogens with zero attached hydrogens (tertiary/aromatic N) is 2. The molecule has 0 saturated carbocycles. The fraction of sp³-hybridized carbons (Fsp3) is 0.333. The lowest BCUT2D eigenvalue weighted by Gasteiger charge is -2.15. The second-order valence-corrected chi connectivity index (χ2v) is 5.59. The molecule has 0 aromatic carbocycles. The minimum Gasteiger partial charge on any atom is -0.309 e. The van der Waals surface area contributed by atoms with Crippen LogP contribution in [0.25, 0.3) is 0 Å². The summed E-state index contributed by atoms with van der Waals surface area (Å²) in [6.45, 7) is 3.03. The molecule has 17 heavy (non-hydrogen) atoms. The lowest BCUT2D eigenvalue weighted by Crippen LogP contribution is -2.23. The Bertz CT molecular complexity index is 458. The number of aromatic nitrogens is 2. The number of thiophene rings is 1. The van der Waals surface area contributed by atoms with E-state index in [0.717, 1.165) is 23.1 Å². The second kappa shape index (κ2) is 6.23. The van der Waals surface area contributed by atoms with Crippen LogP contribution in [0.1, 0.15) is 23.5 Å². The zero-order valence-electron chi connectivity index (χ0n) is 9.56. The SMILES string of the molecule is CCNC(Cc1cc(Br)cs1)c1cnccn1. The number of halogens is 1. The summed E-state index contributed by atoms with van der Waals surface area (Å²) in [5.41, 5.74) is 0.999. The van der Waals surface area contributed by atoms with Crippen LogP contribution < -0.4 is 5.32 Å². The summed E-state index contributed by atoms with van der Waals surface area (Å²) in [5, 5.41) is 5.55. The van der Waals surface area contributed by atoms with Gasteiger partial charge in [0.05, 0.1) is 11.7 Å². The Kier molecular flexibility index (Phi) is 4.65. The average Bonchev–Trinajstić information content (AvgIpc) is 2.75. The van der Waals surface area contributed by atoms with Crippen molar-refractivity contribution in [1.29, 1.82) is 0 Å². The third-order valence-corrected chi connectivity index (χ3v) is 4.14. The van der Waals surface area contributed by atoms with Gasteiger partial charge in [-0.05, 0) is 28.5 Å².